The number of ether oxygens (including phenoxy) is 2. The van der Waals surface area contributed by atoms with Gasteiger partial charge in [-0.15, -0.1) is 0 Å². The van der Waals surface area contributed by atoms with Gasteiger partial charge in [-0.05, 0) is 43.0 Å². The average molecular weight is 441 g/mol. The van der Waals surface area contributed by atoms with Gasteiger partial charge in [0.15, 0.2) is 11.5 Å². The molecule has 2 aliphatic rings. The summed E-state index contributed by atoms with van der Waals surface area (Å²) in [7, 11) is 3.55. The lowest BCUT2D eigenvalue weighted by atomic mass is 9.89. The zero-order chi connectivity index (χ0) is 22.2. The third-order valence-electron chi connectivity index (χ3n) is 6.74. The minimum Gasteiger partial charge on any atom is -0.454 e. The van der Waals surface area contributed by atoms with Crippen molar-refractivity contribution in [3.63, 3.8) is 0 Å². The minimum atomic E-state index is -0.910. The standard InChI is InChI=1S/C24H29FN4O3/c1-28-20-9-6-15(10-21(20)29(2)24(28)30)12-27-19-8-7-17(11-18(19)25)26-13-16-4-3-5-22-23(16)32-14-31-22/h3-6,9-10,17-19,26-27H,7-8,11-14H2,1-2H3/t17-,18+,19-/m1/s1. The molecule has 2 N–H and O–H groups in total. The van der Waals surface area contributed by atoms with E-state index in [-0.39, 0.29) is 24.6 Å². The fourth-order valence-corrected chi connectivity index (χ4v) is 4.83. The van der Waals surface area contributed by atoms with Crippen LogP contribution in [0, 0.1) is 0 Å². The van der Waals surface area contributed by atoms with E-state index in [1.165, 1.54) is 0 Å². The summed E-state index contributed by atoms with van der Waals surface area (Å²) in [6.07, 6.45) is 1.26. The molecule has 3 atom stereocenters. The molecule has 0 saturated heterocycles. The highest BCUT2D eigenvalue weighted by Gasteiger charge is 2.30. The van der Waals surface area contributed by atoms with Gasteiger partial charge in [0.2, 0.25) is 6.79 Å². The number of rotatable bonds is 6. The highest BCUT2D eigenvalue weighted by Crippen LogP contribution is 2.35. The maximum Gasteiger partial charge on any atom is 0.328 e. The van der Waals surface area contributed by atoms with Gasteiger partial charge < -0.3 is 20.1 Å². The molecule has 1 saturated carbocycles. The number of aryl methyl sites for hydroxylation is 2. The molecule has 1 aliphatic carbocycles. The lowest BCUT2D eigenvalue weighted by Crippen LogP contribution is -2.46. The number of hydrogen-bond donors (Lipinski definition) is 2. The van der Waals surface area contributed by atoms with Gasteiger partial charge >= 0.3 is 5.69 Å². The highest BCUT2D eigenvalue weighted by molar-refractivity contribution is 5.76. The van der Waals surface area contributed by atoms with Crippen molar-refractivity contribution in [2.24, 2.45) is 14.1 Å². The first-order valence-electron chi connectivity index (χ1n) is 11.1. The lowest BCUT2D eigenvalue weighted by molar-refractivity contribution is 0.159. The van der Waals surface area contributed by atoms with E-state index in [4.69, 9.17) is 9.47 Å². The molecule has 2 aromatic carbocycles. The Kier molecular flexibility index (Phi) is 5.65. The Balaban J connectivity index is 1.15. The molecule has 0 radical (unpaired) electrons. The molecule has 7 nitrogen and oxygen atoms in total. The molecule has 8 heteroatoms. The Morgan fingerprint density at radius 1 is 1.03 bits per heavy atom. The summed E-state index contributed by atoms with van der Waals surface area (Å²) in [6, 6.07) is 11.8. The second-order valence-corrected chi connectivity index (χ2v) is 8.77. The van der Waals surface area contributed by atoms with Crippen molar-refractivity contribution >= 4 is 11.0 Å². The molecule has 3 aromatic rings. The Hall–Kier alpha value is -2.84. The van der Waals surface area contributed by atoms with Crippen LogP contribution in [0.3, 0.4) is 0 Å². The Labute approximate surface area is 186 Å². The molecule has 1 aliphatic heterocycles. The number of halogens is 1. The SMILES string of the molecule is Cn1c(=O)n(C)c2cc(CN[C@@H]3CC[C@@H](NCc4cccc5c4OCO5)C[C@@H]3F)ccc21. The number of imidazole rings is 1. The predicted octanol–water partition coefficient (Wildman–Crippen LogP) is 2.74. The maximum absolute atomic E-state index is 14.9. The molecule has 0 amide bonds. The fourth-order valence-electron chi connectivity index (χ4n) is 4.83. The van der Waals surface area contributed by atoms with Crippen LogP contribution in [0.1, 0.15) is 30.4 Å². The quantitative estimate of drug-likeness (QED) is 0.617. The number of fused-ring (bicyclic) bond motifs is 2. The summed E-state index contributed by atoms with van der Waals surface area (Å²) in [4.78, 5) is 12.1. The molecular formula is C24H29FN4O3. The predicted molar refractivity (Wildman–Crippen MR) is 121 cm³/mol. The van der Waals surface area contributed by atoms with Crippen molar-refractivity contribution in [2.45, 2.75) is 50.6 Å². The number of hydrogen-bond acceptors (Lipinski definition) is 5. The molecule has 2 heterocycles. The Bertz CT molecular complexity index is 1190. The van der Waals surface area contributed by atoms with Crippen molar-refractivity contribution in [3.05, 3.63) is 58.0 Å². The maximum atomic E-state index is 14.9. The first-order valence-corrected chi connectivity index (χ1v) is 11.1. The van der Waals surface area contributed by atoms with Crippen LogP contribution < -0.4 is 25.8 Å². The number of aromatic nitrogens is 2. The lowest BCUT2D eigenvalue weighted by Gasteiger charge is -2.33. The van der Waals surface area contributed by atoms with Crippen molar-refractivity contribution < 1.29 is 13.9 Å². The molecule has 170 valence electrons. The van der Waals surface area contributed by atoms with Gasteiger partial charge in [-0.25, -0.2) is 9.18 Å². The van der Waals surface area contributed by atoms with Crippen molar-refractivity contribution in [2.75, 3.05) is 6.79 Å². The topological polar surface area (TPSA) is 69.5 Å². The van der Waals surface area contributed by atoms with Gasteiger partial charge in [0, 0.05) is 44.8 Å². The zero-order valence-electron chi connectivity index (χ0n) is 18.4. The Morgan fingerprint density at radius 2 is 1.88 bits per heavy atom. The van der Waals surface area contributed by atoms with E-state index in [0.717, 1.165) is 46.5 Å². The van der Waals surface area contributed by atoms with Gasteiger partial charge in [-0.1, -0.05) is 18.2 Å². The van der Waals surface area contributed by atoms with Crippen LogP contribution in [-0.4, -0.2) is 34.2 Å². The molecule has 0 bridgehead atoms. The molecule has 1 fully saturated rings. The van der Waals surface area contributed by atoms with E-state index < -0.39 is 6.17 Å². The first kappa shape index (κ1) is 21.0. The van der Waals surface area contributed by atoms with E-state index in [0.29, 0.717) is 19.5 Å². The van der Waals surface area contributed by atoms with E-state index in [1.807, 2.05) is 36.4 Å². The molecule has 32 heavy (non-hydrogen) atoms. The van der Waals surface area contributed by atoms with Crippen molar-refractivity contribution in [1.82, 2.24) is 19.8 Å². The molecule has 0 unspecified atom stereocenters. The van der Waals surface area contributed by atoms with Gasteiger partial charge in [0.1, 0.15) is 6.17 Å². The molecular weight excluding hydrogens is 411 g/mol. The van der Waals surface area contributed by atoms with Gasteiger partial charge in [0.05, 0.1) is 11.0 Å². The van der Waals surface area contributed by atoms with Crippen molar-refractivity contribution in [3.8, 4) is 11.5 Å². The van der Waals surface area contributed by atoms with Crippen LogP contribution in [-0.2, 0) is 27.2 Å². The van der Waals surface area contributed by atoms with E-state index in [1.54, 1.807) is 23.2 Å². The van der Waals surface area contributed by atoms with Crippen LogP contribution in [0.15, 0.2) is 41.2 Å². The largest absolute Gasteiger partial charge is 0.454 e. The number of nitrogens with zero attached hydrogens (tertiary/aromatic N) is 2. The average Bonchev–Trinajstić information content (AvgIpc) is 3.37. The highest BCUT2D eigenvalue weighted by atomic mass is 19.1. The third kappa shape index (κ3) is 3.89. The number of benzene rings is 2. The summed E-state index contributed by atoms with van der Waals surface area (Å²) >= 11 is 0. The number of alkyl halides is 1. The number of nitrogens with one attached hydrogen (secondary N) is 2. The summed E-state index contributed by atoms with van der Waals surface area (Å²) in [5.41, 5.74) is 3.84. The van der Waals surface area contributed by atoms with Crippen LogP contribution in [0.5, 0.6) is 11.5 Å². The van der Waals surface area contributed by atoms with Gasteiger partial charge in [-0.2, -0.15) is 0 Å². The first-order chi connectivity index (χ1) is 15.5. The monoisotopic (exact) mass is 440 g/mol. The van der Waals surface area contributed by atoms with Crippen LogP contribution >= 0.6 is 0 Å². The van der Waals surface area contributed by atoms with E-state index in [2.05, 4.69) is 10.6 Å². The molecule has 1 aromatic heterocycles. The summed E-state index contributed by atoms with van der Waals surface area (Å²) < 4.78 is 29.2. The zero-order valence-corrected chi connectivity index (χ0v) is 18.4. The Morgan fingerprint density at radius 3 is 2.72 bits per heavy atom. The second-order valence-electron chi connectivity index (χ2n) is 8.77. The molecule has 0 spiro atoms. The summed E-state index contributed by atoms with van der Waals surface area (Å²) in [6.45, 7) is 1.47. The van der Waals surface area contributed by atoms with Crippen LogP contribution in [0.25, 0.3) is 11.0 Å². The van der Waals surface area contributed by atoms with E-state index >= 15 is 0 Å². The smallest absolute Gasteiger partial charge is 0.328 e. The van der Waals surface area contributed by atoms with Gasteiger partial charge in [0.25, 0.3) is 0 Å². The van der Waals surface area contributed by atoms with E-state index in [9.17, 15) is 9.18 Å². The summed E-state index contributed by atoms with van der Waals surface area (Å²) in [5, 5.41) is 6.88. The molecule has 5 rings (SSSR count). The van der Waals surface area contributed by atoms with Gasteiger partial charge in [-0.3, -0.25) is 9.13 Å². The second kappa shape index (κ2) is 8.60. The third-order valence-corrected chi connectivity index (χ3v) is 6.74. The minimum absolute atomic E-state index is 0.0423. The summed E-state index contributed by atoms with van der Waals surface area (Å²) in [5.74, 6) is 1.56. The fraction of sp³-hybridized carbons (Fsp3) is 0.458. The van der Waals surface area contributed by atoms with Crippen LogP contribution in [0.2, 0.25) is 0 Å². The van der Waals surface area contributed by atoms with Crippen molar-refractivity contribution in [1.29, 1.82) is 0 Å². The van der Waals surface area contributed by atoms with Crippen LogP contribution in [0.4, 0.5) is 4.39 Å². The number of para-hydroxylation sites is 1. The normalized spacial score (nSPS) is 22.5.